The number of thiophene rings is 1. The fourth-order valence-corrected chi connectivity index (χ4v) is 5.78. The highest BCUT2D eigenvalue weighted by Gasteiger charge is 2.44. The second-order valence-corrected chi connectivity index (χ2v) is 8.64. The summed E-state index contributed by atoms with van der Waals surface area (Å²) in [5.41, 5.74) is 2.98. The Morgan fingerprint density at radius 1 is 1.33 bits per heavy atom. The Hall–Kier alpha value is -1.14. The molecule has 1 fully saturated rings. The molecule has 4 rings (SSSR count). The molecule has 0 amide bonds. The van der Waals surface area contributed by atoms with Crippen LogP contribution in [-0.4, -0.2) is 25.6 Å². The van der Waals surface area contributed by atoms with E-state index in [0.717, 1.165) is 25.0 Å². The first kappa shape index (κ1) is 16.3. The summed E-state index contributed by atoms with van der Waals surface area (Å²) in [6, 6.07) is 8.42. The maximum atomic E-state index is 11.8. The molecular weight excluding hydrogens is 340 g/mol. The van der Waals surface area contributed by atoms with E-state index in [0.29, 0.717) is 6.42 Å². The molecule has 3 nitrogen and oxygen atoms in total. The minimum atomic E-state index is -0.320. The standard InChI is InChI=1S/C19H20O3S2/c1-12-19(21-2,7-8-22-12)14-10-18(23-11-14)24-15-4-5-16-13(9-15)3-6-17(16)20/h4-5,9-12H,3,6-8H2,1-2H3/t12-,19-/m1/s1. The zero-order valence-corrected chi connectivity index (χ0v) is 15.5. The van der Waals surface area contributed by atoms with Gasteiger partial charge in [-0.05, 0) is 48.1 Å². The van der Waals surface area contributed by atoms with Crippen LogP contribution in [-0.2, 0) is 21.5 Å². The maximum Gasteiger partial charge on any atom is 0.163 e. The van der Waals surface area contributed by atoms with Crippen LogP contribution < -0.4 is 0 Å². The number of hydrogen-bond donors (Lipinski definition) is 0. The van der Waals surface area contributed by atoms with Crippen LogP contribution in [0.3, 0.4) is 0 Å². The van der Waals surface area contributed by atoms with Gasteiger partial charge in [0.05, 0.1) is 16.9 Å². The maximum absolute atomic E-state index is 11.8. The van der Waals surface area contributed by atoms with Crippen molar-refractivity contribution in [2.75, 3.05) is 13.7 Å². The van der Waals surface area contributed by atoms with E-state index in [9.17, 15) is 4.79 Å². The second kappa shape index (κ2) is 6.30. The van der Waals surface area contributed by atoms with Crippen molar-refractivity contribution in [1.82, 2.24) is 0 Å². The number of rotatable bonds is 4. The number of carbonyl (C=O) groups excluding carboxylic acids is 1. The minimum absolute atomic E-state index is 0.0703. The molecule has 1 aromatic heterocycles. The first-order valence-corrected chi connectivity index (χ1v) is 9.92. The predicted octanol–water partition coefficient (Wildman–Crippen LogP) is 4.68. The lowest BCUT2D eigenvalue weighted by Gasteiger charge is -2.30. The largest absolute Gasteiger partial charge is 0.375 e. The minimum Gasteiger partial charge on any atom is -0.375 e. The number of ketones is 1. The van der Waals surface area contributed by atoms with Crippen molar-refractivity contribution < 1.29 is 14.3 Å². The molecule has 0 saturated carbocycles. The van der Waals surface area contributed by atoms with Crippen molar-refractivity contribution in [2.24, 2.45) is 0 Å². The number of Topliss-reactive ketones (excluding diaryl/α,β-unsaturated/α-hetero) is 1. The van der Waals surface area contributed by atoms with Gasteiger partial charge in [-0.2, -0.15) is 0 Å². The highest BCUT2D eigenvalue weighted by molar-refractivity contribution is 8.01. The quantitative estimate of drug-likeness (QED) is 0.793. The number of hydrogen-bond acceptors (Lipinski definition) is 5. The number of aryl methyl sites for hydroxylation is 1. The van der Waals surface area contributed by atoms with Gasteiger partial charge in [0.1, 0.15) is 5.60 Å². The van der Waals surface area contributed by atoms with Gasteiger partial charge < -0.3 is 9.47 Å². The van der Waals surface area contributed by atoms with Crippen molar-refractivity contribution in [2.45, 2.75) is 47.0 Å². The predicted molar refractivity (Wildman–Crippen MR) is 96.3 cm³/mol. The zero-order valence-electron chi connectivity index (χ0n) is 13.8. The van der Waals surface area contributed by atoms with Crippen LogP contribution in [0.25, 0.3) is 0 Å². The second-order valence-electron chi connectivity index (χ2n) is 6.36. The molecular formula is C19H20O3S2. The van der Waals surface area contributed by atoms with Crippen molar-refractivity contribution in [3.63, 3.8) is 0 Å². The van der Waals surface area contributed by atoms with E-state index in [-0.39, 0.29) is 17.5 Å². The normalized spacial score (nSPS) is 26.1. The van der Waals surface area contributed by atoms with E-state index in [1.165, 1.54) is 20.2 Å². The Bertz CT molecular complexity index is 783. The summed E-state index contributed by atoms with van der Waals surface area (Å²) in [4.78, 5) is 12.9. The van der Waals surface area contributed by atoms with E-state index >= 15 is 0 Å². The van der Waals surface area contributed by atoms with Gasteiger partial charge in [0.2, 0.25) is 0 Å². The van der Waals surface area contributed by atoms with Crippen LogP contribution in [0.1, 0.15) is 41.3 Å². The monoisotopic (exact) mass is 360 g/mol. The molecule has 2 aliphatic rings. The van der Waals surface area contributed by atoms with E-state index in [2.05, 4.69) is 30.5 Å². The number of carbonyl (C=O) groups is 1. The van der Waals surface area contributed by atoms with Crippen LogP contribution in [0.2, 0.25) is 0 Å². The Balaban J connectivity index is 1.57. The third-order valence-electron chi connectivity index (χ3n) is 5.14. The molecule has 2 aromatic rings. The summed E-state index contributed by atoms with van der Waals surface area (Å²) in [7, 11) is 1.77. The molecule has 2 heterocycles. The van der Waals surface area contributed by atoms with Crippen LogP contribution >= 0.6 is 23.1 Å². The molecule has 1 aromatic carbocycles. The molecule has 1 aliphatic carbocycles. The SMILES string of the molecule is CO[C@]1(c2csc(Sc3ccc4c(c3)CCC4=O)c2)CCO[C@@H]1C. The van der Waals surface area contributed by atoms with Gasteiger partial charge in [-0.15, -0.1) is 11.3 Å². The topological polar surface area (TPSA) is 35.5 Å². The first-order chi connectivity index (χ1) is 11.6. The highest BCUT2D eigenvalue weighted by Crippen LogP contribution is 2.44. The molecule has 24 heavy (non-hydrogen) atoms. The van der Waals surface area contributed by atoms with E-state index in [1.807, 2.05) is 6.07 Å². The summed E-state index contributed by atoms with van der Waals surface area (Å²) in [5.74, 6) is 0.275. The molecule has 0 radical (unpaired) electrons. The fourth-order valence-electron chi connectivity index (χ4n) is 3.69. The van der Waals surface area contributed by atoms with Crippen molar-refractivity contribution in [3.8, 4) is 0 Å². The van der Waals surface area contributed by atoms with Gasteiger partial charge in [0.15, 0.2) is 5.78 Å². The lowest BCUT2D eigenvalue weighted by molar-refractivity contribution is -0.0645. The number of methoxy groups -OCH3 is 1. The Morgan fingerprint density at radius 3 is 2.96 bits per heavy atom. The van der Waals surface area contributed by atoms with Gasteiger partial charge in [-0.1, -0.05) is 17.8 Å². The Morgan fingerprint density at radius 2 is 2.21 bits per heavy atom. The first-order valence-electron chi connectivity index (χ1n) is 8.22. The van der Waals surface area contributed by atoms with Gasteiger partial charge in [0, 0.05) is 30.4 Å². The van der Waals surface area contributed by atoms with Crippen molar-refractivity contribution >= 4 is 28.9 Å². The lowest BCUT2D eigenvalue weighted by Crippen LogP contribution is -2.35. The van der Waals surface area contributed by atoms with Crippen molar-refractivity contribution in [1.29, 1.82) is 0 Å². The molecule has 0 spiro atoms. The Kier molecular flexibility index (Phi) is 4.29. The molecule has 1 saturated heterocycles. The van der Waals surface area contributed by atoms with Gasteiger partial charge in [-0.3, -0.25) is 4.79 Å². The smallest absolute Gasteiger partial charge is 0.163 e. The van der Waals surface area contributed by atoms with Gasteiger partial charge >= 0.3 is 0 Å². The zero-order chi connectivity index (χ0) is 16.7. The van der Waals surface area contributed by atoms with E-state index in [1.54, 1.807) is 30.2 Å². The van der Waals surface area contributed by atoms with E-state index in [4.69, 9.17) is 9.47 Å². The van der Waals surface area contributed by atoms with E-state index < -0.39 is 0 Å². The van der Waals surface area contributed by atoms with Gasteiger partial charge in [-0.25, -0.2) is 0 Å². The molecule has 2 atom stereocenters. The molecule has 126 valence electrons. The fraction of sp³-hybridized carbons (Fsp3) is 0.421. The number of benzene rings is 1. The molecule has 5 heteroatoms. The highest BCUT2D eigenvalue weighted by atomic mass is 32.2. The third kappa shape index (κ3) is 2.64. The van der Waals surface area contributed by atoms with Gasteiger partial charge in [0.25, 0.3) is 0 Å². The molecule has 1 aliphatic heterocycles. The summed E-state index contributed by atoms with van der Waals surface area (Å²) in [6.07, 6.45) is 2.49. The number of ether oxygens (including phenoxy) is 2. The summed E-state index contributed by atoms with van der Waals surface area (Å²) in [5, 5.41) is 2.19. The van der Waals surface area contributed by atoms with Crippen LogP contribution in [0.4, 0.5) is 0 Å². The summed E-state index contributed by atoms with van der Waals surface area (Å²) < 4.78 is 12.9. The average Bonchev–Trinajstić information content (AvgIpc) is 3.28. The number of fused-ring (bicyclic) bond motifs is 1. The average molecular weight is 361 g/mol. The van der Waals surface area contributed by atoms with Crippen molar-refractivity contribution in [3.05, 3.63) is 46.3 Å². The molecule has 0 N–H and O–H groups in total. The summed E-state index contributed by atoms with van der Waals surface area (Å²) in [6.45, 7) is 2.82. The van der Waals surface area contributed by atoms with Crippen LogP contribution in [0.15, 0.2) is 38.8 Å². The molecule has 0 bridgehead atoms. The molecule has 0 unspecified atom stereocenters. The lowest BCUT2D eigenvalue weighted by atomic mass is 9.90. The Labute approximate surface area is 150 Å². The van der Waals surface area contributed by atoms with Crippen LogP contribution in [0.5, 0.6) is 0 Å². The third-order valence-corrected chi connectivity index (χ3v) is 7.21. The van der Waals surface area contributed by atoms with Crippen LogP contribution in [0, 0.1) is 0 Å². The summed E-state index contributed by atoms with van der Waals surface area (Å²) >= 11 is 3.50.